The Kier molecular flexibility index (Phi) is 7.63. The van der Waals surface area contributed by atoms with Gasteiger partial charge in [0, 0.05) is 63.1 Å². The number of piperazine rings is 1. The number of fused-ring (bicyclic) bond motifs is 1. The molecule has 2 fully saturated rings. The van der Waals surface area contributed by atoms with Crippen LogP contribution in [0.5, 0.6) is 0 Å². The van der Waals surface area contributed by atoms with E-state index in [2.05, 4.69) is 62.3 Å². The second kappa shape index (κ2) is 11.0. The van der Waals surface area contributed by atoms with Crippen molar-refractivity contribution >= 4 is 11.5 Å². The van der Waals surface area contributed by atoms with Gasteiger partial charge in [-0.2, -0.15) is 0 Å². The molecule has 1 atom stereocenters. The summed E-state index contributed by atoms with van der Waals surface area (Å²) in [6.07, 6.45) is 5.39. The Hall–Kier alpha value is -2.52. The molecule has 1 aliphatic carbocycles. The standard InChI is InChI=1S/C27H38N6O2/c1-19(18-35-2)30-27-29-16-26-24(15-25(33(26)31-27)22-7-9-23(34)10-8-22)21-5-3-20(4-6-21)17-32-13-11-28-12-14-32/h3-6,15-16,19,22-23,28,34H,7-14,17-18H2,1-2H3,(H,30,31)/t19-,22-,23-/m0/s1. The first-order valence-corrected chi connectivity index (χ1v) is 13.0. The second-order valence-corrected chi connectivity index (χ2v) is 10.1. The van der Waals surface area contributed by atoms with Crippen molar-refractivity contribution in [2.24, 2.45) is 0 Å². The molecule has 2 aliphatic rings. The van der Waals surface area contributed by atoms with E-state index in [4.69, 9.17) is 9.84 Å². The largest absolute Gasteiger partial charge is 0.393 e. The molecule has 35 heavy (non-hydrogen) atoms. The molecule has 3 heterocycles. The van der Waals surface area contributed by atoms with E-state index < -0.39 is 0 Å². The van der Waals surface area contributed by atoms with Crippen molar-refractivity contribution in [3.05, 3.63) is 47.8 Å². The highest BCUT2D eigenvalue weighted by Gasteiger charge is 2.25. The monoisotopic (exact) mass is 478 g/mol. The van der Waals surface area contributed by atoms with Crippen LogP contribution in [0.1, 0.15) is 49.8 Å². The number of methoxy groups -OCH3 is 1. The molecule has 5 rings (SSSR count). The highest BCUT2D eigenvalue weighted by Crippen LogP contribution is 2.37. The van der Waals surface area contributed by atoms with Gasteiger partial charge in [-0.05, 0) is 49.8 Å². The minimum Gasteiger partial charge on any atom is -0.393 e. The third-order valence-electron chi connectivity index (χ3n) is 7.33. The Morgan fingerprint density at radius 3 is 2.60 bits per heavy atom. The van der Waals surface area contributed by atoms with Gasteiger partial charge >= 0.3 is 0 Å². The van der Waals surface area contributed by atoms with E-state index in [0.717, 1.165) is 69.5 Å². The summed E-state index contributed by atoms with van der Waals surface area (Å²) in [5, 5.41) is 21.7. The number of hydrogen-bond acceptors (Lipinski definition) is 7. The summed E-state index contributed by atoms with van der Waals surface area (Å²) in [5.41, 5.74) is 5.92. The van der Waals surface area contributed by atoms with E-state index in [-0.39, 0.29) is 12.1 Å². The van der Waals surface area contributed by atoms with Gasteiger partial charge in [-0.1, -0.05) is 24.3 Å². The van der Waals surface area contributed by atoms with Crippen LogP contribution < -0.4 is 10.6 Å². The molecule has 0 radical (unpaired) electrons. The smallest absolute Gasteiger partial charge is 0.241 e. The highest BCUT2D eigenvalue weighted by atomic mass is 16.5. The molecule has 1 saturated heterocycles. The predicted octanol–water partition coefficient (Wildman–Crippen LogP) is 3.27. The fourth-order valence-electron chi connectivity index (χ4n) is 5.40. The first-order valence-electron chi connectivity index (χ1n) is 13.0. The Morgan fingerprint density at radius 2 is 1.89 bits per heavy atom. The van der Waals surface area contributed by atoms with E-state index in [9.17, 15) is 5.11 Å². The molecule has 8 nitrogen and oxygen atoms in total. The number of anilines is 1. The molecule has 3 N–H and O–H groups in total. The summed E-state index contributed by atoms with van der Waals surface area (Å²) in [6.45, 7) is 7.97. The highest BCUT2D eigenvalue weighted by molar-refractivity contribution is 5.81. The third-order valence-corrected chi connectivity index (χ3v) is 7.33. The Labute approximate surface area is 207 Å². The van der Waals surface area contributed by atoms with Gasteiger partial charge in [0.15, 0.2) is 0 Å². The Bertz CT molecular complexity index is 1100. The molecule has 0 spiro atoms. The first-order chi connectivity index (χ1) is 17.1. The summed E-state index contributed by atoms with van der Waals surface area (Å²) in [4.78, 5) is 7.13. The normalized spacial score (nSPS) is 22.4. The molecule has 0 amide bonds. The number of rotatable bonds is 8. The van der Waals surface area contributed by atoms with Crippen molar-refractivity contribution in [2.75, 3.05) is 45.2 Å². The lowest BCUT2D eigenvalue weighted by molar-refractivity contribution is 0.121. The van der Waals surface area contributed by atoms with E-state index in [1.807, 2.05) is 6.20 Å². The molecule has 1 saturated carbocycles. The quantitative estimate of drug-likeness (QED) is 0.458. The van der Waals surface area contributed by atoms with Crippen molar-refractivity contribution < 1.29 is 9.84 Å². The van der Waals surface area contributed by atoms with Crippen LogP contribution in [-0.2, 0) is 11.3 Å². The third kappa shape index (κ3) is 5.67. The van der Waals surface area contributed by atoms with Gasteiger partial charge in [0.1, 0.15) is 0 Å². The first kappa shape index (κ1) is 24.2. The lowest BCUT2D eigenvalue weighted by Gasteiger charge is -2.27. The van der Waals surface area contributed by atoms with Gasteiger partial charge in [0.2, 0.25) is 5.95 Å². The molecular weight excluding hydrogens is 440 g/mol. The molecule has 1 aromatic carbocycles. The fraction of sp³-hybridized carbons (Fsp3) is 0.556. The summed E-state index contributed by atoms with van der Waals surface area (Å²) >= 11 is 0. The molecule has 188 valence electrons. The van der Waals surface area contributed by atoms with E-state index in [1.54, 1.807) is 7.11 Å². The molecule has 0 bridgehead atoms. The number of benzene rings is 1. The van der Waals surface area contributed by atoms with Crippen LogP contribution >= 0.6 is 0 Å². The van der Waals surface area contributed by atoms with Crippen molar-refractivity contribution in [1.29, 1.82) is 0 Å². The zero-order valence-electron chi connectivity index (χ0n) is 20.9. The Balaban J connectivity index is 1.45. The zero-order chi connectivity index (χ0) is 24.2. The van der Waals surface area contributed by atoms with Crippen LogP contribution in [0.25, 0.3) is 16.6 Å². The van der Waals surface area contributed by atoms with E-state index in [1.165, 1.54) is 16.8 Å². The van der Waals surface area contributed by atoms with Gasteiger partial charge in [0.05, 0.1) is 24.4 Å². The van der Waals surface area contributed by atoms with E-state index in [0.29, 0.717) is 18.5 Å². The average molecular weight is 479 g/mol. The van der Waals surface area contributed by atoms with Crippen molar-refractivity contribution in [2.45, 2.75) is 57.2 Å². The van der Waals surface area contributed by atoms with Crippen LogP contribution in [0.3, 0.4) is 0 Å². The van der Waals surface area contributed by atoms with Gasteiger partial charge in [0.25, 0.3) is 0 Å². The fourth-order valence-corrected chi connectivity index (χ4v) is 5.40. The van der Waals surface area contributed by atoms with Crippen molar-refractivity contribution in [3.8, 4) is 11.1 Å². The maximum absolute atomic E-state index is 10.0. The van der Waals surface area contributed by atoms with Gasteiger partial charge < -0.3 is 20.5 Å². The summed E-state index contributed by atoms with van der Waals surface area (Å²) in [6, 6.07) is 11.4. The van der Waals surface area contributed by atoms with Crippen molar-refractivity contribution in [1.82, 2.24) is 24.8 Å². The molecule has 3 aromatic rings. The SMILES string of the molecule is COC[C@H](C)Nc1ncc2c(-c3ccc(CN4CCNCC4)cc3)cc([C@H]3CC[C@H](O)CC3)n2n1. The van der Waals surface area contributed by atoms with Gasteiger partial charge in [-0.15, -0.1) is 5.10 Å². The maximum Gasteiger partial charge on any atom is 0.241 e. The zero-order valence-corrected chi connectivity index (χ0v) is 20.9. The summed E-state index contributed by atoms with van der Waals surface area (Å²) < 4.78 is 7.33. The molecular formula is C27H38N6O2. The summed E-state index contributed by atoms with van der Waals surface area (Å²) in [5.74, 6) is 0.985. The average Bonchev–Trinajstić information content (AvgIpc) is 3.24. The lowest BCUT2D eigenvalue weighted by atomic mass is 9.85. The van der Waals surface area contributed by atoms with Crippen molar-refractivity contribution in [3.63, 3.8) is 0 Å². The number of nitrogens with zero attached hydrogens (tertiary/aromatic N) is 4. The topological polar surface area (TPSA) is 87.0 Å². The number of aliphatic hydroxyl groups is 1. The van der Waals surface area contributed by atoms with Gasteiger partial charge in [-0.25, -0.2) is 9.50 Å². The second-order valence-electron chi connectivity index (χ2n) is 10.1. The molecule has 1 aliphatic heterocycles. The maximum atomic E-state index is 10.0. The molecule has 0 unspecified atom stereocenters. The Morgan fingerprint density at radius 1 is 1.14 bits per heavy atom. The minimum absolute atomic E-state index is 0.115. The van der Waals surface area contributed by atoms with Gasteiger partial charge in [-0.3, -0.25) is 4.90 Å². The minimum atomic E-state index is -0.179. The van der Waals surface area contributed by atoms with Crippen LogP contribution in [0, 0.1) is 0 Å². The number of hydrogen-bond donors (Lipinski definition) is 3. The number of aliphatic hydroxyl groups excluding tert-OH is 1. The molecule has 2 aromatic heterocycles. The molecule has 8 heteroatoms. The van der Waals surface area contributed by atoms with E-state index >= 15 is 0 Å². The number of nitrogens with one attached hydrogen (secondary N) is 2. The van der Waals surface area contributed by atoms with Crippen LogP contribution in [0.15, 0.2) is 36.5 Å². The van der Waals surface area contributed by atoms with Crippen LogP contribution in [-0.4, -0.2) is 76.6 Å². The number of aromatic nitrogens is 3. The lowest BCUT2D eigenvalue weighted by Crippen LogP contribution is -2.42. The predicted molar refractivity (Wildman–Crippen MR) is 139 cm³/mol. The van der Waals surface area contributed by atoms with Crippen LogP contribution in [0.2, 0.25) is 0 Å². The van der Waals surface area contributed by atoms with Crippen LogP contribution in [0.4, 0.5) is 5.95 Å². The number of ether oxygens (including phenoxy) is 1. The summed E-state index contributed by atoms with van der Waals surface area (Å²) in [7, 11) is 1.70.